The van der Waals surface area contributed by atoms with Crippen LogP contribution in [-0.4, -0.2) is 24.8 Å². The van der Waals surface area contributed by atoms with E-state index in [4.69, 9.17) is 15.6 Å². The average molecular weight is 376 g/mol. The third kappa shape index (κ3) is 5.70. The van der Waals surface area contributed by atoms with Gasteiger partial charge in [-0.1, -0.05) is 36.0 Å². The van der Waals surface area contributed by atoms with Crippen molar-refractivity contribution in [3.63, 3.8) is 0 Å². The molecule has 0 heterocycles. The standard InChI is InChI=1S/C19H25N3OS2/c1-14-6-5-7-18(22(2)20)17(14)13-25-19(24-4)21-12-15-8-10-16(23-3)11-9-15/h5-11H,12-13,20H2,1-4H3/b21-19+. The maximum absolute atomic E-state index is 5.96. The Morgan fingerprint density at radius 3 is 2.52 bits per heavy atom. The van der Waals surface area contributed by atoms with E-state index in [0.717, 1.165) is 21.6 Å². The number of rotatable bonds is 6. The molecule has 0 aromatic heterocycles. The Kier molecular flexibility index (Phi) is 7.68. The van der Waals surface area contributed by atoms with Gasteiger partial charge in [0.15, 0.2) is 0 Å². The Hall–Kier alpha value is -1.63. The van der Waals surface area contributed by atoms with Crippen LogP contribution in [0.3, 0.4) is 0 Å². The normalized spacial score (nSPS) is 11.5. The lowest BCUT2D eigenvalue weighted by Crippen LogP contribution is -2.26. The maximum atomic E-state index is 5.96. The van der Waals surface area contributed by atoms with Crippen LogP contribution in [-0.2, 0) is 12.3 Å². The number of hydrazine groups is 1. The summed E-state index contributed by atoms with van der Waals surface area (Å²) in [6, 6.07) is 14.2. The topological polar surface area (TPSA) is 50.8 Å². The van der Waals surface area contributed by atoms with Crippen LogP contribution in [0.2, 0.25) is 0 Å². The number of benzene rings is 2. The number of anilines is 1. The minimum absolute atomic E-state index is 0.671. The molecule has 0 atom stereocenters. The van der Waals surface area contributed by atoms with E-state index in [1.165, 1.54) is 16.7 Å². The molecule has 0 saturated carbocycles. The first kappa shape index (κ1) is 19.7. The summed E-state index contributed by atoms with van der Waals surface area (Å²) in [5.41, 5.74) is 4.73. The van der Waals surface area contributed by atoms with E-state index in [2.05, 4.69) is 25.3 Å². The fourth-order valence-electron chi connectivity index (χ4n) is 2.39. The molecule has 2 aromatic carbocycles. The largest absolute Gasteiger partial charge is 0.497 e. The van der Waals surface area contributed by atoms with Crippen LogP contribution < -0.4 is 15.6 Å². The zero-order valence-corrected chi connectivity index (χ0v) is 16.8. The molecule has 0 aliphatic rings. The third-order valence-electron chi connectivity index (χ3n) is 3.83. The number of aryl methyl sites for hydroxylation is 1. The molecule has 0 fully saturated rings. The molecule has 4 nitrogen and oxygen atoms in total. The lowest BCUT2D eigenvalue weighted by molar-refractivity contribution is 0.414. The molecule has 0 saturated heterocycles. The van der Waals surface area contributed by atoms with Crippen molar-refractivity contribution in [1.82, 2.24) is 0 Å². The molecule has 0 aliphatic heterocycles. The van der Waals surface area contributed by atoms with Gasteiger partial charge >= 0.3 is 0 Å². The van der Waals surface area contributed by atoms with Gasteiger partial charge in [0.2, 0.25) is 0 Å². The molecule has 0 radical (unpaired) electrons. The summed E-state index contributed by atoms with van der Waals surface area (Å²) >= 11 is 3.43. The zero-order valence-electron chi connectivity index (χ0n) is 15.2. The molecular weight excluding hydrogens is 350 g/mol. The molecule has 25 heavy (non-hydrogen) atoms. The molecule has 0 aliphatic carbocycles. The number of ether oxygens (including phenoxy) is 1. The second-order valence-electron chi connectivity index (χ2n) is 5.61. The van der Waals surface area contributed by atoms with E-state index in [9.17, 15) is 0 Å². The molecule has 0 bridgehead atoms. The fraction of sp³-hybridized carbons (Fsp3) is 0.316. The van der Waals surface area contributed by atoms with E-state index < -0.39 is 0 Å². The molecule has 134 valence electrons. The summed E-state index contributed by atoms with van der Waals surface area (Å²) in [6.07, 6.45) is 2.06. The quantitative estimate of drug-likeness (QED) is 0.349. The SMILES string of the molecule is COc1ccc(C/N=C(\SC)SCc2c(C)cccc2N(C)N)cc1. The number of nitrogens with zero attached hydrogens (tertiary/aromatic N) is 2. The first-order chi connectivity index (χ1) is 12.0. The minimum atomic E-state index is 0.671. The molecule has 2 aromatic rings. The lowest BCUT2D eigenvalue weighted by Gasteiger charge is -2.18. The molecule has 0 unspecified atom stereocenters. The summed E-state index contributed by atoms with van der Waals surface area (Å²) in [4.78, 5) is 4.74. The highest BCUT2D eigenvalue weighted by atomic mass is 32.2. The third-order valence-corrected chi connectivity index (χ3v) is 5.97. The highest BCUT2D eigenvalue weighted by Crippen LogP contribution is 2.28. The highest BCUT2D eigenvalue weighted by Gasteiger charge is 2.09. The first-order valence-corrected chi connectivity index (χ1v) is 10.2. The smallest absolute Gasteiger partial charge is 0.124 e. The van der Waals surface area contributed by atoms with Gasteiger partial charge in [-0.05, 0) is 48.1 Å². The van der Waals surface area contributed by atoms with Crippen molar-refractivity contribution in [3.8, 4) is 5.75 Å². The zero-order chi connectivity index (χ0) is 18.2. The van der Waals surface area contributed by atoms with Crippen LogP contribution in [0.15, 0.2) is 47.5 Å². The lowest BCUT2D eigenvalue weighted by atomic mass is 10.1. The Morgan fingerprint density at radius 1 is 1.20 bits per heavy atom. The number of hydrogen-bond donors (Lipinski definition) is 1. The van der Waals surface area contributed by atoms with E-state index in [1.54, 1.807) is 35.6 Å². The van der Waals surface area contributed by atoms with Gasteiger partial charge in [0.05, 0.1) is 19.3 Å². The van der Waals surface area contributed by atoms with Crippen molar-refractivity contribution >= 4 is 33.6 Å². The molecule has 2 rings (SSSR count). The van der Waals surface area contributed by atoms with Crippen molar-refractivity contribution in [2.45, 2.75) is 19.2 Å². The van der Waals surface area contributed by atoms with E-state index in [-0.39, 0.29) is 0 Å². The second-order valence-corrected chi connectivity index (χ2v) is 7.62. The number of thioether (sulfide) groups is 2. The summed E-state index contributed by atoms with van der Waals surface area (Å²) in [7, 11) is 3.55. The monoisotopic (exact) mass is 375 g/mol. The van der Waals surface area contributed by atoms with Gasteiger partial charge in [0.1, 0.15) is 10.1 Å². The van der Waals surface area contributed by atoms with Crippen molar-refractivity contribution in [2.75, 3.05) is 25.4 Å². The molecule has 2 N–H and O–H groups in total. The van der Waals surface area contributed by atoms with Gasteiger partial charge in [-0.3, -0.25) is 4.99 Å². The van der Waals surface area contributed by atoms with Crippen molar-refractivity contribution in [1.29, 1.82) is 0 Å². The van der Waals surface area contributed by atoms with E-state index in [0.29, 0.717) is 6.54 Å². The molecule has 0 spiro atoms. The average Bonchev–Trinajstić information content (AvgIpc) is 2.63. The predicted octanol–water partition coefficient (Wildman–Crippen LogP) is 4.47. The van der Waals surface area contributed by atoms with E-state index in [1.807, 2.05) is 37.4 Å². The van der Waals surface area contributed by atoms with Crippen LogP contribution in [0.25, 0.3) is 0 Å². The summed E-state index contributed by atoms with van der Waals surface area (Å²) in [5, 5.41) is 1.68. The number of methoxy groups -OCH3 is 1. The molecule has 6 heteroatoms. The van der Waals surface area contributed by atoms with Crippen LogP contribution in [0.5, 0.6) is 5.75 Å². The fourth-order valence-corrected chi connectivity index (χ4v) is 4.04. The van der Waals surface area contributed by atoms with Crippen molar-refractivity contribution in [3.05, 3.63) is 59.2 Å². The molecule has 0 amide bonds. The van der Waals surface area contributed by atoms with Gasteiger partial charge in [0.25, 0.3) is 0 Å². The predicted molar refractivity (Wildman–Crippen MR) is 113 cm³/mol. The van der Waals surface area contributed by atoms with Crippen LogP contribution in [0.4, 0.5) is 5.69 Å². The van der Waals surface area contributed by atoms with E-state index >= 15 is 0 Å². The number of nitrogens with two attached hydrogens (primary N) is 1. The Balaban J connectivity index is 2.04. The van der Waals surface area contributed by atoms with Crippen LogP contribution >= 0.6 is 23.5 Å². The Morgan fingerprint density at radius 2 is 1.92 bits per heavy atom. The second kappa shape index (κ2) is 9.75. The Labute approximate surface area is 158 Å². The van der Waals surface area contributed by atoms with Crippen molar-refractivity contribution in [2.24, 2.45) is 10.8 Å². The van der Waals surface area contributed by atoms with Crippen LogP contribution in [0.1, 0.15) is 16.7 Å². The van der Waals surface area contributed by atoms with Gasteiger partial charge in [-0.25, -0.2) is 5.84 Å². The van der Waals surface area contributed by atoms with Gasteiger partial charge in [-0.2, -0.15) is 0 Å². The summed E-state index contributed by atoms with van der Waals surface area (Å²) in [5.74, 6) is 7.68. The van der Waals surface area contributed by atoms with Gasteiger partial charge < -0.3 is 9.75 Å². The summed E-state index contributed by atoms with van der Waals surface area (Å²) in [6.45, 7) is 2.79. The van der Waals surface area contributed by atoms with Gasteiger partial charge in [-0.15, -0.1) is 11.8 Å². The molecular formula is C19H25N3OS2. The van der Waals surface area contributed by atoms with Crippen LogP contribution in [0, 0.1) is 6.92 Å². The van der Waals surface area contributed by atoms with Gasteiger partial charge in [0, 0.05) is 12.8 Å². The van der Waals surface area contributed by atoms with Crippen molar-refractivity contribution < 1.29 is 4.74 Å². The summed E-state index contributed by atoms with van der Waals surface area (Å²) < 4.78 is 6.26. The maximum Gasteiger partial charge on any atom is 0.124 e. The number of hydrogen-bond acceptors (Lipinski definition) is 6. The highest BCUT2D eigenvalue weighted by molar-refractivity contribution is 8.38. The number of aliphatic imine (C=N–C) groups is 1. The minimum Gasteiger partial charge on any atom is -0.497 e. The Bertz CT molecular complexity index is 715. The first-order valence-electron chi connectivity index (χ1n) is 7.96.